The van der Waals surface area contributed by atoms with Crippen molar-refractivity contribution in [2.45, 2.75) is 403 Å². The summed E-state index contributed by atoms with van der Waals surface area (Å²) in [4.78, 5) is 36.2. The summed E-state index contributed by atoms with van der Waals surface area (Å²) in [7, 11) is 0. The van der Waals surface area contributed by atoms with Gasteiger partial charge in [-0.05, 0) is 196 Å². The molecule has 0 aliphatic rings. The molecule has 2 aromatic carbocycles. The van der Waals surface area contributed by atoms with Gasteiger partial charge < -0.3 is 0 Å². The standard InChI is InChI=1S/C112H150N6S12/c1-11-21-29-35-41-47-55-79-71-93(121-103(79)91-67-61-85(119-91)59-51-45-39-33-25-15-5)87-63-65-89(101-99(87)115-129-117-101)95-73-81(57-49-43-37-31-23-13-3)105(123-95)97-75-83(69-77(19-9)53-27-17-7)107(125-97)109-113-111-112(127-109)114-110(128-111)108-84(70-78(20-10)54-28-18-8)76-98(126-108)106-82(58-50-44-38-32-24-14-4)74-96(124-106)90-66-64-88(100-102(90)118-130-116-100)94-72-80(56-48-42-36-30-22-12-2)104(122-94)92-68-62-86(120-92)60-52-46-40-34-26-16-6/h61-68,71-78H,11-60,69-70H2,1-10H3. The second-order valence-corrected chi connectivity index (χ2v) is 49.2. The molecule has 700 valence electrons. The van der Waals surface area contributed by atoms with E-state index in [9.17, 15) is 0 Å². The van der Waals surface area contributed by atoms with E-state index in [-0.39, 0.29) is 0 Å². The quantitative estimate of drug-likeness (QED) is 0.0354. The molecule has 0 saturated heterocycles. The highest BCUT2D eigenvalue weighted by Gasteiger charge is 2.30. The van der Waals surface area contributed by atoms with Crippen molar-refractivity contribution in [3.63, 3.8) is 0 Å². The largest absolute Gasteiger partial charge is 0.222 e. The van der Waals surface area contributed by atoms with Crippen molar-refractivity contribution in [2.24, 2.45) is 11.8 Å². The number of fused-ring (bicyclic) bond motifs is 3. The van der Waals surface area contributed by atoms with Crippen LogP contribution in [0.3, 0.4) is 0 Å². The lowest BCUT2D eigenvalue weighted by Gasteiger charge is -2.14. The van der Waals surface area contributed by atoms with Crippen molar-refractivity contribution in [1.82, 2.24) is 27.5 Å². The van der Waals surface area contributed by atoms with Gasteiger partial charge in [0, 0.05) is 90.5 Å². The van der Waals surface area contributed by atoms with Gasteiger partial charge in [0.25, 0.3) is 0 Å². The lowest BCUT2D eigenvalue weighted by molar-refractivity contribution is 0.450. The molecule has 0 bridgehead atoms. The lowest BCUT2D eigenvalue weighted by atomic mass is 9.92. The number of thiazole rings is 2. The van der Waals surface area contributed by atoms with Crippen LogP contribution in [0, 0.1) is 11.8 Å². The van der Waals surface area contributed by atoms with E-state index in [1.54, 1.807) is 0 Å². The second kappa shape index (κ2) is 53.8. The van der Waals surface area contributed by atoms with Crippen LogP contribution in [0.2, 0.25) is 0 Å². The molecule has 0 spiro atoms. The summed E-state index contributed by atoms with van der Waals surface area (Å²) in [5, 5.41) is 2.27. The molecule has 0 aliphatic carbocycles. The average molecular weight is 1970 g/mol. The minimum absolute atomic E-state index is 0.608. The Morgan fingerprint density at radius 1 is 0.223 bits per heavy atom. The van der Waals surface area contributed by atoms with Crippen LogP contribution in [0.5, 0.6) is 0 Å². The smallest absolute Gasteiger partial charge is 0.155 e. The van der Waals surface area contributed by atoms with Crippen LogP contribution in [-0.2, 0) is 51.4 Å². The Morgan fingerprint density at radius 3 is 0.762 bits per heavy atom. The van der Waals surface area contributed by atoms with Gasteiger partial charge >= 0.3 is 0 Å². The number of aryl methyl sites for hydroxylation is 6. The highest BCUT2D eigenvalue weighted by atomic mass is 32.2. The Hall–Kier alpha value is -4.80. The summed E-state index contributed by atoms with van der Waals surface area (Å²) in [5.74, 6) is 1.22. The molecule has 18 heteroatoms. The van der Waals surface area contributed by atoms with Crippen LogP contribution in [0.15, 0.2) is 84.9 Å². The first-order valence-electron chi connectivity index (χ1n) is 51.8. The predicted molar refractivity (Wildman–Crippen MR) is 591 cm³/mol. The fraction of sp³-hybridized carbons (Fsp3) is 0.571. The van der Waals surface area contributed by atoms with Crippen molar-refractivity contribution < 1.29 is 0 Å². The molecule has 6 nitrogen and oxygen atoms in total. The SMILES string of the molecule is CCCCCCCCc1ccc(-c2sc(-c3ccc(-c4cc(CCCCCCCC)c(-c5cc(CC(CC)CCCC)c(-c6nc7sc(-c8sc(-c9sc(-c%10ccc(-c%11cc(CCCCCCCC)c(-c%12ccc(CCCCCCCC)s%12)s%11)c%11nsnc%10%11)cc9CCCCCCCC)cc8CC(CC)CCCC)nc7s6)s5)s4)c4nsnc34)cc2CCCCCCCC)s1. The van der Waals surface area contributed by atoms with Gasteiger partial charge in [0.1, 0.15) is 32.1 Å². The highest BCUT2D eigenvalue weighted by Crippen LogP contribution is 2.54. The van der Waals surface area contributed by atoms with E-state index < -0.39 is 0 Å². The zero-order valence-corrected chi connectivity index (χ0v) is 90.4. The molecule has 14 aromatic rings. The fourth-order valence-corrected chi connectivity index (χ4v) is 32.7. The Labute approximate surface area is 831 Å². The fourth-order valence-electron chi connectivity index (χ4n) is 19.3. The van der Waals surface area contributed by atoms with Gasteiger partial charge in [-0.1, -0.05) is 360 Å². The Kier molecular flexibility index (Phi) is 41.8. The highest BCUT2D eigenvalue weighted by molar-refractivity contribution is 7.33. The molecule has 0 N–H and O–H groups in total. The molecular weight excluding hydrogens is 1810 g/mol. The molecule has 12 heterocycles. The third kappa shape index (κ3) is 27.4. The zero-order chi connectivity index (χ0) is 90.2. The van der Waals surface area contributed by atoms with E-state index in [4.69, 9.17) is 27.5 Å². The number of aromatic nitrogens is 6. The van der Waals surface area contributed by atoms with Gasteiger partial charge in [-0.15, -0.1) is 90.7 Å². The molecule has 12 aromatic heterocycles. The lowest BCUT2D eigenvalue weighted by Crippen LogP contribution is -2.03. The molecule has 2 atom stereocenters. The van der Waals surface area contributed by atoms with E-state index in [2.05, 4.69) is 154 Å². The van der Waals surface area contributed by atoms with Crippen molar-refractivity contribution in [2.75, 3.05) is 0 Å². The molecule has 0 fully saturated rings. The molecule has 0 saturated carbocycles. The maximum Gasteiger partial charge on any atom is 0.155 e. The van der Waals surface area contributed by atoms with Crippen LogP contribution in [0.25, 0.3) is 132 Å². The van der Waals surface area contributed by atoms with Gasteiger partial charge in [-0.25, -0.2) is 9.97 Å². The number of rotatable bonds is 64. The van der Waals surface area contributed by atoms with E-state index >= 15 is 0 Å². The minimum atomic E-state index is 0.608. The van der Waals surface area contributed by atoms with Gasteiger partial charge in [0.05, 0.1) is 33.2 Å². The van der Waals surface area contributed by atoms with Crippen molar-refractivity contribution >= 4 is 169 Å². The molecule has 0 radical (unpaired) electrons. The number of hydrogen-bond donors (Lipinski definition) is 0. The molecule has 130 heavy (non-hydrogen) atoms. The molecule has 0 aliphatic heterocycles. The summed E-state index contributed by atoms with van der Waals surface area (Å²) >= 11 is 22.6. The summed E-state index contributed by atoms with van der Waals surface area (Å²) in [6.45, 7) is 23.5. The molecular formula is C112H150N6S12. The first-order chi connectivity index (χ1) is 64.0. The van der Waals surface area contributed by atoms with Gasteiger partial charge in [-0.2, -0.15) is 17.5 Å². The maximum absolute atomic E-state index is 5.79. The average Bonchev–Trinajstić information content (AvgIpc) is 1.60. The van der Waals surface area contributed by atoms with Crippen LogP contribution in [0.1, 0.15) is 395 Å². The van der Waals surface area contributed by atoms with E-state index in [0.717, 1.165) is 80.3 Å². The third-order valence-electron chi connectivity index (χ3n) is 27.2. The first-order valence-corrected chi connectivity index (χ1v) is 61.4. The van der Waals surface area contributed by atoms with Crippen LogP contribution < -0.4 is 0 Å². The monoisotopic (exact) mass is 1960 g/mol. The Morgan fingerprint density at radius 2 is 0.477 bits per heavy atom. The van der Waals surface area contributed by atoms with Gasteiger partial charge in [0.2, 0.25) is 0 Å². The van der Waals surface area contributed by atoms with Gasteiger partial charge in [-0.3, -0.25) is 0 Å². The molecule has 14 rings (SSSR count). The van der Waals surface area contributed by atoms with Crippen LogP contribution in [-0.4, -0.2) is 27.5 Å². The number of hydrogen-bond acceptors (Lipinski definition) is 18. The number of unbranched alkanes of at least 4 members (excludes halogenated alkanes) is 32. The Bertz CT molecular complexity index is 5290. The van der Waals surface area contributed by atoms with Crippen LogP contribution >= 0.6 is 137 Å². The predicted octanol–water partition coefficient (Wildman–Crippen LogP) is 41.9. The van der Waals surface area contributed by atoms with E-state index in [0.29, 0.717) is 11.8 Å². The Balaban J connectivity index is 0.792. The van der Waals surface area contributed by atoms with Crippen molar-refractivity contribution in [1.29, 1.82) is 0 Å². The number of benzene rings is 2. The van der Waals surface area contributed by atoms with Gasteiger partial charge in [0.15, 0.2) is 9.66 Å². The zero-order valence-electron chi connectivity index (χ0n) is 80.6. The first kappa shape index (κ1) is 101. The summed E-state index contributed by atoms with van der Waals surface area (Å²) in [5.41, 5.74) is 18.0. The summed E-state index contributed by atoms with van der Waals surface area (Å²) in [6, 6.07) is 34.9. The summed E-state index contributed by atoms with van der Waals surface area (Å²) in [6.07, 6.45) is 65.7. The topological polar surface area (TPSA) is 77.3 Å². The summed E-state index contributed by atoms with van der Waals surface area (Å²) < 4.78 is 20.9. The van der Waals surface area contributed by atoms with Crippen molar-refractivity contribution in [3.8, 4) is 101 Å². The minimum Gasteiger partial charge on any atom is -0.222 e. The number of thiophene rings is 8. The third-order valence-corrected chi connectivity index (χ3v) is 40.8. The number of nitrogens with zero attached hydrogens (tertiary/aromatic N) is 6. The molecule has 0 amide bonds. The van der Waals surface area contributed by atoms with Crippen LogP contribution in [0.4, 0.5) is 0 Å². The normalized spacial score (nSPS) is 12.5. The molecule has 2 unspecified atom stereocenters. The van der Waals surface area contributed by atoms with E-state index in [1.807, 2.05) is 113 Å². The maximum atomic E-state index is 5.79. The second-order valence-electron chi connectivity index (χ2n) is 37.6. The van der Waals surface area contributed by atoms with E-state index in [1.165, 1.54) is 452 Å². The van der Waals surface area contributed by atoms with Crippen molar-refractivity contribution in [3.05, 3.63) is 128 Å².